The summed E-state index contributed by atoms with van der Waals surface area (Å²) in [4.78, 5) is 0. The molecule has 2 saturated heterocycles. The van der Waals surface area contributed by atoms with E-state index in [1.807, 2.05) is 0 Å². The van der Waals surface area contributed by atoms with E-state index in [9.17, 15) is 40.9 Å². The maximum Gasteiger partial charge on any atom is 0.187 e. The molecule has 11 heteroatoms. The molecule has 0 spiro atoms. The van der Waals surface area contributed by atoms with Gasteiger partial charge in [-0.1, -0.05) is 0 Å². The molecule has 0 aromatic rings. The highest BCUT2D eigenvalue weighted by atomic mass is 16.7. The molecule has 4 fully saturated rings. The Bertz CT molecular complexity index is 621. The Morgan fingerprint density at radius 3 is 2.22 bits per heavy atom. The van der Waals surface area contributed by atoms with Crippen molar-refractivity contribution in [3.8, 4) is 0 Å². The van der Waals surface area contributed by atoms with E-state index in [0.717, 1.165) is 0 Å². The van der Waals surface area contributed by atoms with E-state index >= 15 is 0 Å². The van der Waals surface area contributed by atoms with Crippen LogP contribution in [0.1, 0.15) is 38.5 Å². The van der Waals surface area contributed by atoms with Crippen LogP contribution in [0, 0.1) is 11.8 Å². The fraction of sp³-hybridized carbons (Fsp3) is 1.00. The summed E-state index contributed by atoms with van der Waals surface area (Å²) < 4.78 is 16.5. The molecule has 14 atom stereocenters. The van der Waals surface area contributed by atoms with E-state index in [1.165, 1.54) is 0 Å². The minimum atomic E-state index is -1.57. The SMILES string of the molecule is OC[C@@H]1O[C@H](OC2CC3C(O)CC(O)CC3[OH+]C2C2CCC(O)C(O)C2)[C@H](O)[C@@H](O)[C@@H]1O. The van der Waals surface area contributed by atoms with Gasteiger partial charge in [-0.15, -0.1) is 0 Å². The van der Waals surface area contributed by atoms with Crippen molar-refractivity contribution in [3.05, 3.63) is 0 Å². The van der Waals surface area contributed by atoms with Gasteiger partial charge in [-0.3, -0.25) is 0 Å². The molecule has 0 radical (unpaired) electrons. The number of aliphatic hydroxyl groups is 10. The topological polar surface area (TPSA) is 193 Å². The zero-order chi connectivity index (χ0) is 23.2. The molecule has 186 valence electrons. The third-order valence-corrected chi connectivity index (χ3v) is 7.73. The van der Waals surface area contributed by atoms with Gasteiger partial charge in [0.1, 0.15) is 30.5 Å². The second-order valence-corrected chi connectivity index (χ2v) is 9.88. The Kier molecular flexibility index (Phi) is 7.75. The van der Waals surface area contributed by atoms with Crippen LogP contribution in [0.4, 0.5) is 0 Å². The summed E-state index contributed by atoms with van der Waals surface area (Å²) in [6.07, 6.45) is -9.17. The smallest absolute Gasteiger partial charge is 0.187 e. The lowest BCUT2D eigenvalue weighted by Gasteiger charge is -2.48. The second-order valence-electron chi connectivity index (χ2n) is 9.88. The Morgan fingerprint density at radius 1 is 0.781 bits per heavy atom. The largest absolute Gasteiger partial charge is 0.427 e. The first-order chi connectivity index (χ1) is 15.2. The van der Waals surface area contributed by atoms with Gasteiger partial charge < -0.3 is 55.1 Å². The molecule has 11 nitrogen and oxygen atoms in total. The van der Waals surface area contributed by atoms with Gasteiger partial charge >= 0.3 is 0 Å². The van der Waals surface area contributed by atoms with Crippen molar-refractivity contribution in [1.82, 2.24) is 0 Å². The first-order valence-corrected chi connectivity index (χ1v) is 11.6. The maximum atomic E-state index is 10.5. The molecule has 2 aliphatic carbocycles. The van der Waals surface area contributed by atoms with Crippen LogP contribution >= 0.6 is 0 Å². The van der Waals surface area contributed by atoms with Crippen LogP contribution in [-0.4, -0.2) is 126 Å². The maximum absolute atomic E-state index is 10.5. The summed E-state index contributed by atoms with van der Waals surface area (Å²) >= 11 is 0. The number of rotatable bonds is 4. The molecule has 2 saturated carbocycles. The van der Waals surface area contributed by atoms with Crippen molar-refractivity contribution in [2.45, 2.75) is 112 Å². The van der Waals surface area contributed by atoms with Gasteiger partial charge in [0.05, 0.1) is 36.9 Å². The van der Waals surface area contributed by atoms with Gasteiger partial charge in [0.15, 0.2) is 18.5 Å². The first-order valence-electron chi connectivity index (χ1n) is 11.6. The van der Waals surface area contributed by atoms with Crippen LogP contribution in [0.25, 0.3) is 0 Å². The summed E-state index contributed by atoms with van der Waals surface area (Å²) in [5, 5.41) is 80.8. The molecule has 0 aromatic carbocycles. The summed E-state index contributed by atoms with van der Waals surface area (Å²) in [6.45, 7) is -0.572. The lowest BCUT2D eigenvalue weighted by atomic mass is 9.72. The van der Waals surface area contributed by atoms with E-state index in [1.54, 1.807) is 0 Å². The average Bonchev–Trinajstić information content (AvgIpc) is 2.76. The van der Waals surface area contributed by atoms with Gasteiger partial charge in [-0.05, 0) is 25.7 Å². The fourth-order valence-electron chi connectivity index (χ4n) is 5.86. The van der Waals surface area contributed by atoms with E-state index in [2.05, 4.69) is 0 Å². The Hall–Kier alpha value is -0.440. The molecule has 2 heterocycles. The number of aliphatic hydroxyl groups excluding tert-OH is 8. The van der Waals surface area contributed by atoms with Crippen molar-refractivity contribution >= 4 is 0 Å². The van der Waals surface area contributed by atoms with E-state index in [0.29, 0.717) is 32.1 Å². The Morgan fingerprint density at radius 2 is 1.53 bits per heavy atom. The van der Waals surface area contributed by atoms with Crippen LogP contribution < -0.4 is 0 Å². The number of ether oxygens (including phenoxy) is 3. The molecule has 0 bridgehead atoms. The molecule has 32 heavy (non-hydrogen) atoms. The first kappa shape index (κ1) is 24.7. The van der Waals surface area contributed by atoms with E-state index in [4.69, 9.17) is 14.2 Å². The molecule has 0 aromatic heterocycles. The number of fused-ring (bicyclic) bond motifs is 1. The normalized spacial score (nSPS) is 54.8. The van der Waals surface area contributed by atoms with Gasteiger partial charge in [-0.25, -0.2) is 0 Å². The highest BCUT2D eigenvalue weighted by Crippen LogP contribution is 2.42. The molecule has 9 N–H and O–H groups in total. The lowest BCUT2D eigenvalue weighted by Crippen LogP contribution is -2.63. The average molecular weight is 466 g/mol. The fourth-order valence-corrected chi connectivity index (χ4v) is 5.86. The summed E-state index contributed by atoms with van der Waals surface area (Å²) in [7, 11) is 0. The number of hydrogen-bond acceptors (Lipinski definition) is 10. The third kappa shape index (κ3) is 4.84. The molecular formula is C21H37O11+. The third-order valence-electron chi connectivity index (χ3n) is 7.73. The monoisotopic (exact) mass is 465 g/mol. The van der Waals surface area contributed by atoms with Crippen molar-refractivity contribution in [2.75, 3.05) is 6.61 Å². The van der Waals surface area contributed by atoms with Crippen LogP contribution in [0.5, 0.6) is 0 Å². The zero-order valence-corrected chi connectivity index (χ0v) is 17.9. The Labute approximate surface area is 186 Å². The minimum Gasteiger partial charge on any atom is -0.427 e. The zero-order valence-electron chi connectivity index (χ0n) is 17.9. The lowest BCUT2D eigenvalue weighted by molar-refractivity contribution is -0.356. The van der Waals surface area contributed by atoms with Crippen molar-refractivity contribution in [1.29, 1.82) is 0 Å². The molecule has 2 aliphatic heterocycles. The summed E-state index contributed by atoms with van der Waals surface area (Å²) in [5.74, 6) is -0.385. The summed E-state index contributed by atoms with van der Waals surface area (Å²) in [5.41, 5.74) is 0. The second kappa shape index (κ2) is 10.0. The molecular weight excluding hydrogens is 428 g/mol. The Balaban J connectivity index is 1.54. The molecule has 9 unspecified atom stereocenters. The minimum absolute atomic E-state index is 0.125. The predicted molar refractivity (Wildman–Crippen MR) is 107 cm³/mol. The molecule has 0 amide bonds. The van der Waals surface area contributed by atoms with E-state index < -0.39 is 73.9 Å². The highest BCUT2D eigenvalue weighted by molar-refractivity contribution is 4.98. The molecule has 4 aliphatic rings. The van der Waals surface area contributed by atoms with Crippen molar-refractivity contribution in [2.24, 2.45) is 11.8 Å². The predicted octanol–water partition coefficient (Wildman–Crippen LogP) is -3.51. The van der Waals surface area contributed by atoms with Crippen molar-refractivity contribution in [3.63, 3.8) is 0 Å². The quantitative estimate of drug-likeness (QED) is 0.193. The van der Waals surface area contributed by atoms with Crippen molar-refractivity contribution < 1.29 is 55.1 Å². The standard InChI is InChI=1S/C21H36O11/c22-7-16-17(27)18(28)19(29)21(32-16)31-15-6-10-12(25)4-9(23)5-14(10)30-20(15)8-1-2-11(24)13(26)3-8/h8-29H,1-7H2/p+1/t8?,9?,10?,11?,12?,13?,14?,15?,16-,17+,18-,19+,20?,21-/m0/s1. The van der Waals surface area contributed by atoms with Crippen LogP contribution in [0.2, 0.25) is 0 Å². The van der Waals surface area contributed by atoms with Gasteiger partial charge in [0, 0.05) is 18.8 Å². The highest BCUT2D eigenvalue weighted by Gasteiger charge is 2.54. The number of hydrogen-bond donors (Lipinski definition) is 8. The summed E-state index contributed by atoms with van der Waals surface area (Å²) in [6, 6.07) is 0. The van der Waals surface area contributed by atoms with Gasteiger partial charge in [0.25, 0.3) is 0 Å². The van der Waals surface area contributed by atoms with Gasteiger partial charge in [-0.2, -0.15) is 0 Å². The van der Waals surface area contributed by atoms with Crippen LogP contribution in [0.3, 0.4) is 0 Å². The van der Waals surface area contributed by atoms with Crippen LogP contribution in [0.15, 0.2) is 0 Å². The van der Waals surface area contributed by atoms with Gasteiger partial charge in [0.2, 0.25) is 0 Å². The van der Waals surface area contributed by atoms with E-state index in [-0.39, 0.29) is 24.4 Å². The van der Waals surface area contributed by atoms with Crippen LogP contribution in [-0.2, 0) is 9.47 Å². The molecule has 4 rings (SSSR count).